The Labute approximate surface area is 261 Å². The number of rotatable bonds is 16. The molecule has 0 spiro atoms. The van der Waals surface area contributed by atoms with Crippen LogP contribution in [0.25, 0.3) is 0 Å². The Kier molecular flexibility index (Phi) is 12.1. The van der Waals surface area contributed by atoms with Gasteiger partial charge in [0.15, 0.2) is 0 Å². The molecule has 0 unspecified atom stereocenters. The quantitative estimate of drug-likeness (QED) is 0.147. The first-order valence-corrected chi connectivity index (χ1v) is 15.3. The van der Waals surface area contributed by atoms with E-state index in [1.807, 2.05) is 78.9 Å². The number of hydrogen-bond donors (Lipinski definition) is 1. The summed E-state index contributed by atoms with van der Waals surface area (Å²) in [6, 6.07) is 34.6. The Hall–Kier alpha value is -3.88. The summed E-state index contributed by atoms with van der Waals surface area (Å²) < 4.78 is 35.5. The van der Waals surface area contributed by atoms with Gasteiger partial charge in [0.25, 0.3) is 0 Å². The Morgan fingerprint density at radius 1 is 0.568 bits per heavy atom. The minimum Gasteiger partial charge on any atom is -0.497 e. The molecule has 1 fully saturated rings. The van der Waals surface area contributed by atoms with Crippen molar-refractivity contribution in [1.82, 2.24) is 5.32 Å². The van der Waals surface area contributed by atoms with Gasteiger partial charge in [-0.2, -0.15) is 0 Å². The summed E-state index contributed by atoms with van der Waals surface area (Å²) in [5.41, 5.74) is 4.55. The molecule has 0 amide bonds. The lowest BCUT2D eigenvalue weighted by atomic mass is 9.85. The molecule has 1 saturated heterocycles. The maximum absolute atomic E-state index is 6.54. The van der Waals surface area contributed by atoms with Gasteiger partial charge in [0.05, 0.1) is 59.5 Å². The van der Waals surface area contributed by atoms with Crippen LogP contribution in [0.15, 0.2) is 103 Å². The molecular formula is C37H43NO6. The van der Waals surface area contributed by atoms with Gasteiger partial charge in [0.1, 0.15) is 17.2 Å². The van der Waals surface area contributed by atoms with Crippen LogP contribution in [0.5, 0.6) is 17.2 Å². The minimum absolute atomic E-state index is 0.0492. The minimum atomic E-state index is -0.0692. The molecule has 1 heterocycles. The fraction of sp³-hybridized carbons (Fsp3) is 0.351. The number of benzene rings is 4. The third kappa shape index (κ3) is 9.31. The van der Waals surface area contributed by atoms with Crippen LogP contribution in [-0.2, 0) is 34.0 Å². The van der Waals surface area contributed by atoms with Crippen LogP contribution in [0.1, 0.15) is 34.6 Å². The van der Waals surface area contributed by atoms with E-state index in [0.717, 1.165) is 47.9 Å². The topological polar surface area (TPSA) is 67.4 Å². The number of nitrogens with one attached hydrogen (secondary N) is 1. The number of hydrogen-bond acceptors (Lipinski definition) is 7. The van der Waals surface area contributed by atoms with Crippen molar-refractivity contribution in [2.24, 2.45) is 0 Å². The van der Waals surface area contributed by atoms with Crippen LogP contribution in [0.3, 0.4) is 0 Å². The van der Waals surface area contributed by atoms with Crippen molar-refractivity contribution in [2.45, 2.75) is 44.4 Å². The molecule has 44 heavy (non-hydrogen) atoms. The predicted molar refractivity (Wildman–Crippen MR) is 171 cm³/mol. The Balaban J connectivity index is 1.20. The number of methoxy groups -OCH3 is 2. The van der Waals surface area contributed by atoms with Crippen LogP contribution >= 0.6 is 0 Å². The summed E-state index contributed by atoms with van der Waals surface area (Å²) in [4.78, 5) is 0. The van der Waals surface area contributed by atoms with Crippen molar-refractivity contribution < 1.29 is 28.4 Å². The Morgan fingerprint density at radius 2 is 1.09 bits per heavy atom. The van der Waals surface area contributed by atoms with Crippen molar-refractivity contribution in [3.63, 3.8) is 0 Å². The van der Waals surface area contributed by atoms with E-state index < -0.39 is 0 Å². The van der Waals surface area contributed by atoms with E-state index in [9.17, 15) is 0 Å². The van der Waals surface area contributed by atoms with E-state index in [-0.39, 0.29) is 18.1 Å². The summed E-state index contributed by atoms with van der Waals surface area (Å²) in [5, 5.41) is 3.53. The first-order valence-electron chi connectivity index (χ1n) is 15.3. The van der Waals surface area contributed by atoms with E-state index in [0.29, 0.717) is 33.0 Å². The van der Waals surface area contributed by atoms with E-state index in [2.05, 4.69) is 29.6 Å². The highest BCUT2D eigenvalue weighted by atomic mass is 16.5. The molecular weight excluding hydrogens is 554 g/mol. The standard InChI is InChI=1S/C37H43NO6/c1-39-32-15-9-29(10-16-32)26-43-35-23-38-24-36(44-27-30-11-17-33(40-2)18-12-30)37(35)31-13-19-34(20-14-31)42-22-6-21-41-25-28-7-4-3-5-8-28/h3-5,7-20,35-38H,6,21-27H2,1-2H3/t35-,36+,37-. The third-order valence-electron chi connectivity index (χ3n) is 7.82. The predicted octanol–water partition coefficient (Wildman–Crippen LogP) is 6.55. The zero-order chi connectivity index (χ0) is 30.4. The van der Waals surface area contributed by atoms with Crippen molar-refractivity contribution in [1.29, 1.82) is 0 Å². The zero-order valence-corrected chi connectivity index (χ0v) is 25.7. The maximum Gasteiger partial charge on any atom is 0.119 e. The summed E-state index contributed by atoms with van der Waals surface area (Å²) in [5.74, 6) is 2.56. The number of piperidine rings is 1. The molecule has 0 aromatic heterocycles. The van der Waals surface area contributed by atoms with Gasteiger partial charge < -0.3 is 33.7 Å². The average Bonchev–Trinajstić information content (AvgIpc) is 3.09. The maximum atomic E-state index is 6.54. The smallest absolute Gasteiger partial charge is 0.119 e. The highest BCUT2D eigenvalue weighted by Gasteiger charge is 2.36. The molecule has 7 nitrogen and oxygen atoms in total. The van der Waals surface area contributed by atoms with Crippen molar-refractivity contribution in [3.05, 3.63) is 125 Å². The normalized spacial score (nSPS) is 18.1. The Bertz CT molecular complexity index is 1300. The second kappa shape index (κ2) is 16.8. The van der Waals surface area contributed by atoms with Crippen LogP contribution in [-0.4, -0.2) is 52.7 Å². The molecule has 232 valence electrons. The third-order valence-corrected chi connectivity index (χ3v) is 7.82. The van der Waals surface area contributed by atoms with E-state index in [4.69, 9.17) is 28.4 Å². The van der Waals surface area contributed by atoms with E-state index in [1.165, 1.54) is 11.1 Å². The van der Waals surface area contributed by atoms with Gasteiger partial charge in [-0.3, -0.25) is 0 Å². The summed E-state index contributed by atoms with van der Waals surface area (Å²) >= 11 is 0. The molecule has 1 aliphatic heterocycles. The van der Waals surface area contributed by atoms with Gasteiger partial charge in [0, 0.05) is 25.4 Å². The van der Waals surface area contributed by atoms with Crippen LogP contribution < -0.4 is 19.5 Å². The molecule has 3 atom stereocenters. The molecule has 4 aromatic rings. The fourth-order valence-electron chi connectivity index (χ4n) is 5.37. The molecule has 0 radical (unpaired) electrons. The van der Waals surface area contributed by atoms with Gasteiger partial charge >= 0.3 is 0 Å². The summed E-state index contributed by atoms with van der Waals surface area (Å²) in [6.45, 7) is 4.37. The van der Waals surface area contributed by atoms with Crippen LogP contribution in [0, 0.1) is 0 Å². The monoisotopic (exact) mass is 597 g/mol. The van der Waals surface area contributed by atoms with Gasteiger partial charge in [-0.1, -0.05) is 66.7 Å². The molecule has 0 saturated carbocycles. The lowest BCUT2D eigenvalue weighted by Gasteiger charge is -2.39. The highest BCUT2D eigenvalue weighted by Crippen LogP contribution is 2.32. The zero-order valence-electron chi connectivity index (χ0n) is 25.7. The van der Waals surface area contributed by atoms with E-state index in [1.54, 1.807) is 14.2 Å². The largest absolute Gasteiger partial charge is 0.497 e. The van der Waals surface area contributed by atoms with Crippen molar-refractivity contribution in [3.8, 4) is 17.2 Å². The second-order valence-electron chi connectivity index (χ2n) is 10.9. The van der Waals surface area contributed by atoms with Crippen molar-refractivity contribution in [2.75, 3.05) is 40.5 Å². The van der Waals surface area contributed by atoms with Crippen molar-refractivity contribution >= 4 is 0 Å². The molecule has 1 aliphatic rings. The first-order chi connectivity index (χ1) is 21.7. The molecule has 7 heteroatoms. The first kappa shape index (κ1) is 31.5. The molecule has 0 aliphatic carbocycles. The SMILES string of the molecule is COc1ccc(CO[C@H]2CNC[C@@H](OCc3ccc(OC)cc3)[C@H]2c2ccc(OCCCOCc3ccccc3)cc2)cc1. The van der Waals surface area contributed by atoms with Gasteiger partial charge in [-0.05, 0) is 58.7 Å². The summed E-state index contributed by atoms with van der Waals surface area (Å²) in [7, 11) is 3.35. The number of ether oxygens (including phenoxy) is 6. The summed E-state index contributed by atoms with van der Waals surface area (Å²) in [6.07, 6.45) is 0.686. The Morgan fingerprint density at radius 3 is 1.64 bits per heavy atom. The lowest BCUT2D eigenvalue weighted by molar-refractivity contribution is -0.0650. The average molecular weight is 598 g/mol. The van der Waals surface area contributed by atoms with Crippen LogP contribution in [0.2, 0.25) is 0 Å². The second-order valence-corrected chi connectivity index (χ2v) is 10.9. The molecule has 5 rings (SSSR count). The van der Waals surface area contributed by atoms with Gasteiger partial charge in [0.2, 0.25) is 0 Å². The fourth-order valence-corrected chi connectivity index (χ4v) is 5.37. The molecule has 0 bridgehead atoms. The van der Waals surface area contributed by atoms with Gasteiger partial charge in [-0.15, -0.1) is 0 Å². The molecule has 1 N–H and O–H groups in total. The molecule has 4 aromatic carbocycles. The van der Waals surface area contributed by atoms with Crippen LogP contribution in [0.4, 0.5) is 0 Å². The lowest BCUT2D eigenvalue weighted by Crippen LogP contribution is -2.50. The highest BCUT2D eigenvalue weighted by molar-refractivity contribution is 5.32. The van der Waals surface area contributed by atoms with Gasteiger partial charge in [-0.25, -0.2) is 0 Å². The van der Waals surface area contributed by atoms with E-state index >= 15 is 0 Å².